The molecule has 0 spiro atoms. The normalized spacial score (nSPS) is 14.6. The molecule has 0 aliphatic carbocycles. The van der Waals surface area contributed by atoms with Gasteiger partial charge in [-0.2, -0.15) is 0 Å². The van der Waals surface area contributed by atoms with Gasteiger partial charge in [0.1, 0.15) is 5.75 Å². The molecule has 18 heavy (non-hydrogen) atoms. The van der Waals surface area contributed by atoms with Crippen LogP contribution in [0.25, 0.3) is 0 Å². The van der Waals surface area contributed by atoms with Gasteiger partial charge in [-0.1, -0.05) is 13.8 Å². The van der Waals surface area contributed by atoms with Crippen molar-refractivity contribution in [3.63, 3.8) is 0 Å². The zero-order chi connectivity index (χ0) is 13.1. The Morgan fingerprint density at radius 3 is 2.94 bits per heavy atom. The predicted molar refractivity (Wildman–Crippen MR) is 72.8 cm³/mol. The Labute approximate surface area is 108 Å². The number of nitrogens with two attached hydrogens (primary N) is 1. The molecule has 2 N–H and O–H groups in total. The summed E-state index contributed by atoms with van der Waals surface area (Å²) < 4.78 is 5.40. The van der Waals surface area contributed by atoms with Crippen molar-refractivity contribution >= 4 is 17.3 Å². The number of anilines is 2. The van der Waals surface area contributed by atoms with Crippen LogP contribution in [0.3, 0.4) is 0 Å². The summed E-state index contributed by atoms with van der Waals surface area (Å²) in [5.74, 6) is 1.39. The molecule has 0 fully saturated rings. The van der Waals surface area contributed by atoms with E-state index in [9.17, 15) is 4.79 Å². The summed E-state index contributed by atoms with van der Waals surface area (Å²) in [5, 5.41) is 0. The summed E-state index contributed by atoms with van der Waals surface area (Å²) in [6, 6.07) is 5.44. The number of carbonyl (C=O) groups excluding carboxylic acids is 1. The SMILES string of the molecule is CC(C)CCCN1C(=O)COc2cc(N)ccc21. The second kappa shape index (κ2) is 5.29. The summed E-state index contributed by atoms with van der Waals surface area (Å²) in [6.45, 7) is 5.24. The number of hydrogen-bond donors (Lipinski definition) is 1. The molecule has 4 nitrogen and oxygen atoms in total. The van der Waals surface area contributed by atoms with Crippen LogP contribution >= 0.6 is 0 Å². The number of carbonyl (C=O) groups is 1. The van der Waals surface area contributed by atoms with Crippen molar-refractivity contribution in [2.75, 3.05) is 23.8 Å². The predicted octanol–water partition coefficient (Wildman–Crippen LogP) is 2.43. The molecule has 2 rings (SSSR count). The summed E-state index contributed by atoms with van der Waals surface area (Å²) in [7, 11) is 0. The minimum atomic E-state index is 0.0241. The van der Waals surface area contributed by atoms with E-state index in [-0.39, 0.29) is 12.5 Å². The van der Waals surface area contributed by atoms with Crippen LogP contribution < -0.4 is 15.4 Å². The van der Waals surface area contributed by atoms with Gasteiger partial charge in [-0.25, -0.2) is 0 Å². The first-order valence-electron chi connectivity index (χ1n) is 6.40. The van der Waals surface area contributed by atoms with Gasteiger partial charge < -0.3 is 15.4 Å². The third-order valence-electron chi connectivity index (χ3n) is 3.09. The smallest absolute Gasteiger partial charge is 0.265 e. The average Bonchev–Trinajstić information content (AvgIpc) is 2.31. The Kier molecular flexibility index (Phi) is 3.75. The maximum atomic E-state index is 11.9. The van der Waals surface area contributed by atoms with Crippen molar-refractivity contribution < 1.29 is 9.53 Å². The first kappa shape index (κ1) is 12.7. The van der Waals surface area contributed by atoms with Crippen LogP contribution in [-0.4, -0.2) is 19.1 Å². The van der Waals surface area contributed by atoms with E-state index in [1.165, 1.54) is 0 Å². The molecule has 0 radical (unpaired) electrons. The molecule has 1 heterocycles. The quantitative estimate of drug-likeness (QED) is 0.833. The van der Waals surface area contributed by atoms with Gasteiger partial charge in [-0.05, 0) is 30.9 Å². The van der Waals surface area contributed by atoms with Gasteiger partial charge in [0, 0.05) is 18.3 Å². The number of nitrogen functional groups attached to an aromatic ring is 1. The van der Waals surface area contributed by atoms with Gasteiger partial charge in [0.25, 0.3) is 5.91 Å². The van der Waals surface area contributed by atoms with Crippen LogP contribution in [0.5, 0.6) is 5.75 Å². The molecule has 0 atom stereocenters. The molecule has 1 aliphatic rings. The van der Waals surface area contributed by atoms with Crippen molar-refractivity contribution in [1.82, 2.24) is 0 Å². The highest BCUT2D eigenvalue weighted by molar-refractivity contribution is 5.98. The van der Waals surface area contributed by atoms with Crippen molar-refractivity contribution in [1.29, 1.82) is 0 Å². The third-order valence-corrected chi connectivity index (χ3v) is 3.09. The number of amides is 1. The van der Waals surface area contributed by atoms with Crippen LogP contribution in [0.1, 0.15) is 26.7 Å². The van der Waals surface area contributed by atoms with E-state index in [2.05, 4.69) is 13.8 Å². The average molecular weight is 248 g/mol. The van der Waals surface area contributed by atoms with Gasteiger partial charge in [0.15, 0.2) is 6.61 Å². The van der Waals surface area contributed by atoms with Gasteiger partial charge >= 0.3 is 0 Å². The molecule has 98 valence electrons. The Morgan fingerprint density at radius 1 is 1.44 bits per heavy atom. The maximum Gasteiger partial charge on any atom is 0.265 e. The molecule has 0 aromatic heterocycles. The van der Waals surface area contributed by atoms with E-state index >= 15 is 0 Å². The van der Waals surface area contributed by atoms with Gasteiger partial charge in [0.05, 0.1) is 5.69 Å². The standard InChI is InChI=1S/C14H20N2O2/c1-10(2)4-3-7-16-12-6-5-11(15)8-13(12)18-9-14(16)17/h5-6,8,10H,3-4,7,9,15H2,1-2H3. The third kappa shape index (κ3) is 2.75. The van der Waals surface area contributed by atoms with Crippen LogP contribution in [0.4, 0.5) is 11.4 Å². The highest BCUT2D eigenvalue weighted by Crippen LogP contribution is 2.33. The molecule has 1 aromatic rings. The summed E-state index contributed by atoms with van der Waals surface area (Å²) in [6.07, 6.45) is 2.13. The lowest BCUT2D eigenvalue weighted by Gasteiger charge is -2.29. The van der Waals surface area contributed by atoms with E-state index in [0.29, 0.717) is 17.4 Å². The molecule has 1 aromatic carbocycles. The minimum Gasteiger partial charge on any atom is -0.481 e. The largest absolute Gasteiger partial charge is 0.481 e. The second-order valence-electron chi connectivity index (χ2n) is 5.10. The van der Waals surface area contributed by atoms with Gasteiger partial charge in [-0.3, -0.25) is 4.79 Å². The Balaban J connectivity index is 2.12. The number of rotatable bonds is 4. The van der Waals surface area contributed by atoms with Gasteiger partial charge in [0.2, 0.25) is 0 Å². The molecule has 4 heteroatoms. The number of ether oxygens (including phenoxy) is 1. The second-order valence-corrected chi connectivity index (χ2v) is 5.10. The lowest BCUT2D eigenvalue weighted by Crippen LogP contribution is -2.39. The van der Waals surface area contributed by atoms with E-state index in [1.54, 1.807) is 17.0 Å². The van der Waals surface area contributed by atoms with Crippen molar-refractivity contribution in [3.05, 3.63) is 18.2 Å². The molecule has 0 unspecified atom stereocenters. The fraction of sp³-hybridized carbons (Fsp3) is 0.500. The van der Waals surface area contributed by atoms with E-state index in [1.807, 2.05) is 6.07 Å². The monoisotopic (exact) mass is 248 g/mol. The minimum absolute atomic E-state index is 0.0241. The molecule has 0 saturated heterocycles. The highest BCUT2D eigenvalue weighted by Gasteiger charge is 2.24. The van der Waals surface area contributed by atoms with E-state index in [0.717, 1.165) is 25.1 Å². The molecular weight excluding hydrogens is 228 g/mol. The topological polar surface area (TPSA) is 55.6 Å². The van der Waals surface area contributed by atoms with Crippen molar-refractivity contribution in [2.24, 2.45) is 5.92 Å². The summed E-state index contributed by atoms with van der Waals surface area (Å²) in [5.41, 5.74) is 7.21. The Hall–Kier alpha value is -1.71. The number of nitrogens with zero attached hydrogens (tertiary/aromatic N) is 1. The zero-order valence-electron chi connectivity index (χ0n) is 11.0. The summed E-state index contributed by atoms with van der Waals surface area (Å²) in [4.78, 5) is 13.7. The van der Waals surface area contributed by atoms with Crippen LogP contribution in [0.15, 0.2) is 18.2 Å². The molecule has 0 bridgehead atoms. The van der Waals surface area contributed by atoms with Crippen LogP contribution in [-0.2, 0) is 4.79 Å². The van der Waals surface area contributed by atoms with Crippen molar-refractivity contribution in [3.8, 4) is 5.75 Å². The summed E-state index contributed by atoms with van der Waals surface area (Å²) >= 11 is 0. The van der Waals surface area contributed by atoms with Gasteiger partial charge in [-0.15, -0.1) is 0 Å². The number of hydrogen-bond acceptors (Lipinski definition) is 3. The number of fused-ring (bicyclic) bond motifs is 1. The van der Waals surface area contributed by atoms with Crippen LogP contribution in [0.2, 0.25) is 0 Å². The highest BCUT2D eigenvalue weighted by atomic mass is 16.5. The van der Waals surface area contributed by atoms with Crippen LogP contribution in [0, 0.1) is 5.92 Å². The number of benzene rings is 1. The van der Waals surface area contributed by atoms with E-state index in [4.69, 9.17) is 10.5 Å². The zero-order valence-corrected chi connectivity index (χ0v) is 11.0. The fourth-order valence-electron chi connectivity index (χ4n) is 2.12. The van der Waals surface area contributed by atoms with Crippen molar-refractivity contribution in [2.45, 2.75) is 26.7 Å². The Bertz CT molecular complexity index is 443. The first-order valence-corrected chi connectivity index (χ1v) is 6.40. The lowest BCUT2D eigenvalue weighted by atomic mass is 10.1. The molecule has 1 amide bonds. The molecule has 0 saturated carbocycles. The fourth-order valence-corrected chi connectivity index (χ4v) is 2.12. The molecule has 1 aliphatic heterocycles. The first-order chi connectivity index (χ1) is 8.58. The lowest BCUT2D eigenvalue weighted by molar-refractivity contribution is -0.121. The van der Waals surface area contributed by atoms with E-state index < -0.39 is 0 Å². The maximum absolute atomic E-state index is 11.9. The molecular formula is C14H20N2O2. The Morgan fingerprint density at radius 2 is 2.22 bits per heavy atom.